The predicted molar refractivity (Wildman–Crippen MR) is 131 cm³/mol. The van der Waals surface area contributed by atoms with E-state index in [-0.39, 0.29) is 29.7 Å². The molecule has 2 unspecified atom stereocenters. The fourth-order valence-electron chi connectivity index (χ4n) is 4.89. The number of rotatable bonds is 15. The number of carbonyl (C=O) groups excluding carboxylic acids is 2. The Morgan fingerprint density at radius 1 is 1.09 bits per heavy atom. The van der Waals surface area contributed by atoms with Crippen LogP contribution >= 0.6 is 0 Å². The fraction of sp³-hybridized carbons (Fsp3) is 0.846. The van der Waals surface area contributed by atoms with Crippen molar-refractivity contribution in [3.8, 4) is 11.8 Å². The Kier molecular flexibility index (Phi) is 13.4. The van der Waals surface area contributed by atoms with E-state index in [9.17, 15) is 9.59 Å². The topological polar surface area (TPSA) is 80.3 Å². The van der Waals surface area contributed by atoms with Gasteiger partial charge in [-0.05, 0) is 44.7 Å². The number of esters is 1. The molecule has 1 heterocycles. The summed E-state index contributed by atoms with van der Waals surface area (Å²) in [5.74, 6) is 5.85. The standard InChI is InChI=1S/C26H43O7Si/c1-29-17-11-7-10-15-26(31-18-19-32-26)16-14-22-21(23(27)20-24(22)33-34(3)4)12-8-5-6-9-13-25(28)30-2/h21-22,24H,6-7,9-20H2,1-4H3/t21?,22-,24?/m1/s1. The van der Waals surface area contributed by atoms with E-state index in [2.05, 4.69) is 29.7 Å². The zero-order chi connectivity index (χ0) is 24.8. The van der Waals surface area contributed by atoms with Crippen LogP contribution in [0.2, 0.25) is 13.1 Å². The van der Waals surface area contributed by atoms with Crippen LogP contribution in [0.5, 0.6) is 0 Å². The van der Waals surface area contributed by atoms with Gasteiger partial charge in [-0.3, -0.25) is 9.59 Å². The number of hydrogen-bond acceptors (Lipinski definition) is 7. The number of Topliss-reactive ketones (excluding diaryl/α,β-unsaturated/α-hetero) is 1. The van der Waals surface area contributed by atoms with Gasteiger partial charge in [-0.1, -0.05) is 6.42 Å². The molecule has 0 aromatic heterocycles. The van der Waals surface area contributed by atoms with Crippen LogP contribution in [0.1, 0.15) is 70.6 Å². The maximum atomic E-state index is 12.9. The summed E-state index contributed by atoms with van der Waals surface area (Å²) in [6.07, 6.45) is 8.28. The molecule has 8 heteroatoms. The van der Waals surface area contributed by atoms with E-state index in [0.29, 0.717) is 45.3 Å². The first-order valence-corrected chi connectivity index (χ1v) is 15.1. The number of hydrogen-bond donors (Lipinski definition) is 0. The van der Waals surface area contributed by atoms with Crippen molar-refractivity contribution in [1.29, 1.82) is 0 Å². The minimum absolute atomic E-state index is 0.0392. The van der Waals surface area contributed by atoms with Crippen LogP contribution in [0.15, 0.2) is 0 Å². The minimum atomic E-state index is -0.919. The van der Waals surface area contributed by atoms with Gasteiger partial charge in [-0.2, -0.15) is 0 Å². The molecule has 34 heavy (non-hydrogen) atoms. The quantitative estimate of drug-likeness (QED) is 0.145. The molecule has 0 aromatic rings. The Morgan fingerprint density at radius 2 is 1.85 bits per heavy atom. The highest BCUT2D eigenvalue weighted by Crippen LogP contribution is 2.40. The molecule has 0 N–H and O–H groups in total. The molecule has 193 valence electrons. The summed E-state index contributed by atoms with van der Waals surface area (Å²) >= 11 is 0. The lowest BCUT2D eigenvalue weighted by molar-refractivity contribution is -0.171. The van der Waals surface area contributed by atoms with Gasteiger partial charge >= 0.3 is 5.97 Å². The van der Waals surface area contributed by atoms with Crippen LogP contribution in [0.4, 0.5) is 0 Å². The number of unbranched alkanes of at least 4 members (excludes halogenated alkanes) is 3. The molecule has 1 radical (unpaired) electrons. The third-order valence-corrected chi connectivity index (χ3v) is 7.41. The molecule has 0 bridgehead atoms. The molecule has 1 aliphatic carbocycles. The van der Waals surface area contributed by atoms with Gasteiger partial charge in [0, 0.05) is 58.2 Å². The number of ether oxygens (including phenoxy) is 4. The largest absolute Gasteiger partial charge is 0.469 e. The molecule has 1 saturated carbocycles. The fourth-order valence-corrected chi connectivity index (χ4v) is 5.76. The van der Waals surface area contributed by atoms with E-state index in [4.69, 9.17) is 18.6 Å². The minimum Gasteiger partial charge on any atom is -0.469 e. The van der Waals surface area contributed by atoms with E-state index in [0.717, 1.165) is 45.1 Å². The SMILES string of the molecule is COCCCCCC1(CC[C@H]2C(O[Si](C)C)CC(=O)C2CC#CCCCC(=O)OC)OCCO1. The summed E-state index contributed by atoms with van der Waals surface area (Å²) in [5.41, 5.74) is 0. The van der Waals surface area contributed by atoms with Crippen molar-refractivity contribution in [1.82, 2.24) is 0 Å². The second-order valence-corrected chi connectivity index (χ2v) is 11.5. The Labute approximate surface area is 207 Å². The lowest BCUT2D eigenvalue weighted by atomic mass is 9.85. The van der Waals surface area contributed by atoms with Crippen molar-refractivity contribution in [2.75, 3.05) is 34.0 Å². The van der Waals surface area contributed by atoms with Crippen LogP contribution in [0.25, 0.3) is 0 Å². The normalized spacial score (nSPS) is 23.8. The highest BCUT2D eigenvalue weighted by atomic mass is 28.3. The molecule has 0 amide bonds. The molecule has 2 fully saturated rings. The summed E-state index contributed by atoms with van der Waals surface area (Å²) in [6, 6.07) is 0. The average Bonchev–Trinajstić information content (AvgIpc) is 3.38. The third kappa shape index (κ3) is 9.78. The van der Waals surface area contributed by atoms with Crippen molar-refractivity contribution >= 4 is 20.8 Å². The highest BCUT2D eigenvalue weighted by molar-refractivity contribution is 6.48. The van der Waals surface area contributed by atoms with Gasteiger partial charge in [-0.25, -0.2) is 0 Å². The van der Waals surface area contributed by atoms with Crippen molar-refractivity contribution in [3.05, 3.63) is 0 Å². The molecular weight excluding hydrogens is 452 g/mol. The lowest BCUT2D eigenvalue weighted by Gasteiger charge is -2.31. The van der Waals surface area contributed by atoms with Gasteiger partial charge in [-0.15, -0.1) is 11.8 Å². The smallest absolute Gasteiger partial charge is 0.305 e. The Morgan fingerprint density at radius 3 is 2.53 bits per heavy atom. The van der Waals surface area contributed by atoms with Gasteiger partial charge in [0.05, 0.1) is 26.4 Å². The summed E-state index contributed by atoms with van der Waals surface area (Å²) in [5, 5.41) is 0. The van der Waals surface area contributed by atoms with E-state index in [1.54, 1.807) is 7.11 Å². The first-order chi connectivity index (χ1) is 16.4. The van der Waals surface area contributed by atoms with Crippen LogP contribution in [0, 0.1) is 23.7 Å². The van der Waals surface area contributed by atoms with Gasteiger partial charge < -0.3 is 23.4 Å². The lowest BCUT2D eigenvalue weighted by Crippen LogP contribution is -2.34. The monoisotopic (exact) mass is 495 g/mol. The van der Waals surface area contributed by atoms with E-state index >= 15 is 0 Å². The van der Waals surface area contributed by atoms with Crippen molar-refractivity contribution in [2.24, 2.45) is 11.8 Å². The number of carbonyl (C=O) groups is 2. The Bertz CT molecular complexity index is 678. The number of methoxy groups -OCH3 is 2. The first kappa shape index (κ1) is 29.0. The van der Waals surface area contributed by atoms with Gasteiger partial charge in [0.2, 0.25) is 9.04 Å². The second kappa shape index (κ2) is 15.7. The molecular formula is C26H43O7Si. The molecule has 3 atom stereocenters. The van der Waals surface area contributed by atoms with Crippen molar-refractivity contribution in [3.63, 3.8) is 0 Å². The van der Waals surface area contributed by atoms with Crippen LogP contribution < -0.4 is 0 Å². The average molecular weight is 496 g/mol. The molecule has 7 nitrogen and oxygen atoms in total. The molecule has 0 aromatic carbocycles. The van der Waals surface area contributed by atoms with Gasteiger partial charge in [0.1, 0.15) is 5.78 Å². The highest BCUT2D eigenvalue weighted by Gasteiger charge is 2.45. The Balaban J connectivity index is 1.95. The van der Waals surface area contributed by atoms with Crippen molar-refractivity contribution < 1.29 is 33.0 Å². The van der Waals surface area contributed by atoms with E-state index < -0.39 is 14.8 Å². The summed E-state index contributed by atoms with van der Waals surface area (Å²) in [4.78, 5) is 24.1. The number of ketones is 1. The summed E-state index contributed by atoms with van der Waals surface area (Å²) in [7, 11) is 2.20. The maximum absolute atomic E-state index is 12.9. The zero-order valence-corrected chi connectivity index (χ0v) is 22.5. The zero-order valence-electron chi connectivity index (χ0n) is 21.5. The van der Waals surface area contributed by atoms with Gasteiger partial charge in [0.15, 0.2) is 5.79 Å². The van der Waals surface area contributed by atoms with E-state index in [1.165, 1.54) is 7.11 Å². The van der Waals surface area contributed by atoms with Crippen LogP contribution in [0.3, 0.4) is 0 Å². The Hall–Kier alpha value is -1.24. The molecule has 2 aliphatic rings. The van der Waals surface area contributed by atoms with E-state index in [1.807, 2.05) is 0 Å². The first-order valence-electron chi connectivity index (χ1n) is 12.7. The van der Waals surface area contributed by atoms with Crippen LogP contribution in [-0.2, 0) is 33.0 Å². The molecule has 0 spiro atoms. The van der Waals surface area contributed by atoms with Crippen LogP contribution in [-0.4, -0.2) is 66.7 Å². The molecule has 1 saturated heterocycles. The summed E-state index contributed by atoms with van der Waals surface area (Å²) in [6.45, 7) is 6.26. The molecule has 1 aliphatic heterocycles. The maximum Gasteiger partial charge on any atom is 0.305 e. The molecule has 2 rings (SSSR count). The van der Waals surface area contributed by atoms with Crippen molar-refractivity contribution in [2.45, 2.75) is 95.6 Å². The van der Waals surface area contributed by atoms with Gasteiger partial charge in [0.25, 0.3) is 0 Å². The summed E-state index contributed by atoms with van der Waals surface area (Å²) < 4.78 is 28.3. The predicted octanol–water partition coefficient (Wildman–Crippen LogP) is 4.29. The third-order valence-electron chi connectivity index (χ3n) is 6.63. The second-order valence-electron chi connectivity index (χ2n) is 9.44.